The summed E-state index contributed by atoms with van der Waals surface area (Å²) in [6.45, 7) is 4.01. The first-order valence-electron chi connectivity index (χ1n) is 5.09. The molecule has 0 N–H and O–H groups in total. The Morgan fingerprint density at radius 2 is 2.18 bits per heavy atom. The minimum atomic E-state index is -0.350. The number of hydrogen-bond acceptors (Lipinski definition) is 5. The second-order valence-electron chi connectivity index (χ2n) is 4.24. The van der Waals surface area contributed by atoms with E-state index in [4.69, 9.17) is 5.26 Å². The second-order valence-corrected chi connectivity index (χ2v) is 4.40. The van der Waals surface area contributed by atoms with Gasteiger partial charge in [0.15, 0.2) is 0 Å². The zero-order valence-electron chi connectivity index (χ0n) is 9.51. The van der Waals surface area contributed by atoms with Gasteiger partial charge in [-0.05, 0) is 25.5 Å². The lowest BCUT2D eigenvalue weighted by Crippen LogP contribution is -2.31. The minimum Gasteiger partial charge on any atom is -0.324 e. The molecule has 1 heterocycles. The van der Waals surface area contributed by atoms with E-state index in [2.05, 4.69) is 27.3 Å². The summed E-state index contributed by atoms with van der Waals surface area (Å²) in [7, 11) is 0. The number of fused-ring (bicyclic) bond motifs is 1. The van der Waals surface area contributed by atoms with Gasteiger partial charge in [0.2, 0.25) is 5.71 Å². The third-order valence-electron chi connectivity index (χ3n) is 2.86. The van der Waals surface area contributed by atoms with E-state index in [1.54, 1.807) is 0 Å². The molecule has 0 atom stereocenters. The number of nitriles is 1. The van der Waals surface area contributed by atoms with Crippen LogP contribution in [-0.4, -0.2) is 11.4 Å². The van der Waals surface area contributed by atoms with Crippen LogP contribution in [0, 0.1) is 11.3 Å². The summed E-state index contributed by atoms with van der Waals surface area (Å²) in [4.78, 5) is 4.44. The first kappa shape index (κ1) is 11.7. The third kappa shape index (κ3) is 1.81. The number of para-hydroxylation sites is 1. The predicted molar refractivity (Wildman–Crippen MR) is 69.7 cm³/mol. The molecule has 86 valence electrons. The molecule has 4 nitrogen and oxygen atoms in total. The van der Waals surface area contributed by atoms with Gasteiger partial charge in [0.05, 0.1) is 24.3 Å². The first-order valence-corrected chi connectivity index (χ1v) is 5.45. The summed E-state index contributed by atoms with van der Waals surface area (Å²) in [5, 5.41) is 12.6. The summed E-state index contributed by atoms with van der Waals surface area (Å²) in [5.74, 6) is 0. The highest BCUT2D eigenvalue weighted by Gasteiger charge is 2.37. The van der Waals surface area contributed by atoms with Crippen molar-refractivity contribution in [1.29, 1.82) is 5.26 Å². The van der Waals surface area contributed by atoms with Crippen LogP contribution in [0.2, 0.25) is 0 Å². The lowest BCUT2D eigenvalue weighted by molar-refractivity contribution is 0.416. The molecule has 1 aromatic rings. The number of oxime groups is 1. The highest BCUT2D eigenvalue weighted by atomic mass is 32.1. The van der Waals surface area contributed by atoms with Crippen molar-refractivity contribution in [2.24, 2.45) is 10.1 Å². The van der Waals surface area contributed by atoms with Gasteiger partial charge in [-0.15, -0.1) is 0 Å². The zero-order chi connectivity index (χ0) is 12.5. The average molecular weight is 245 g/mol. The van der Waals surface area contributed by atoms with Gasteiger partial charge in [-0.2, -0.15) is 5.26 Å². The van der Waals surface area contributed by atoms with E-state index in [-0.39, 0.29) is 11.1 Å². The average Bonchev–Trinajstić information content (AvgIpc) is 2.59. The van der Waals surface area contributed by atoms with Gasteiger partial charge in [0.25, 0.3) is 0 Å². The van der Waals surface area contributed by atoms with Gasteiger partial charge >= 0.3 is 0 Å². The molecule has 17 heavy (non-hydrogen) atoms. The van der Waals surface area contributed by atoms with Crippen LogP contribution in [0.5, 0.6) is 0 Å². The van der Waals surface area contributed by atoms with Crippen molar-refractivity contribution in [3.8, 4) is 6.07 Å². The lowest BCUT2D eigenvalue weighted by atomic mass is 9.80. The molecule has 2 rings (SSSR count). The van der Waals surface area contributed by atoms with Gasteiger partial charge < -0.3 is 4.28 Å². The zero-order valence-corrected chi connectivity index (χ0v) is 10.4. The van der Waals surface area contributed by atoms with Crippen LogP contribution in [0.25, 0.3) is 0 Å². The summed E-state index contributed by atoms with van der Waals surface area (Å²) in [6.07, 6.45) is 0. The number of rotatable bonds is 2. The molecule has 0 aliphatic carbocycles. The Labute approximate surface area is 105 Å². The van der Waals surface area contributed by atoms with E-state index < -0.39 is 0 Å². The van der Waals surface area contributed by atoms with Crippen LogP contribution >= 0.6 is 12.9 Å². The maximum absolute atomic E-state index is 9.05. The van der Waals surface area contributed by atoms with Crippen LogP contribution in [0.15, 0.2) is 34.4 Å². The fourth-order valence-electron chi connectivity index (χ4n) is 1.99. The Balaban J connectivity index is 2.55. The Morgan fingerprint density at radius 1 is 1.47 bits per heavy atom. The largest absolute Gasteiger partial charge is 0.324 e. The standard InChI is InChI=1S/C12H11N3OS/c1-12(2)8-5-3-4-6-9(8)14-11(12)10(7-13)15-16-17/h3-6,17H,1-2H3/b15-10+. The molecule has 0 amide bonds. The fraction of sp³-hybridized carbons (Fsp3) is 0.250. The Morgan fingerprint density at radius 3 is 2.76 bits per heavy atom. The van der Waals surface area contributed by atoms with Gasteiger partial charge in [-0.25, -0.2) is 4.99 Å². The topological polar surface area (TPSA) is 57.7 Å². The Kier molecular flexibility index (Phi) is 2.90. The summed E-state index contributed by atoms with van der Waals surface area (Å²) < 4.78 is 4.38. The van der Waals surface area contributed by atoms with Crippen LogP contribution in [0.1, 0.15) is 19.4 Å². The number of aliphatic imine (C=N–C) groups is 1. The molecule has 0 saturated carbocycles. The predicted octanol–water partition coefficient (Wildman–Crippen LogP) is 2.79. The van der Waals surface area contributed by atoms with E-state index in [1.165, 1.54) is 0 Å². The number of nitrogens with zero attached hydrogens (tertiary/aromatic N) is 3. The monoisotopic (exact) mass is 245 g/mol. The van der Waals surface area contributed by atoms with Crippen molar-refractivity contribution in [3.05, 3.63) is 29.8 Å². The molecular formula is C12H11N3OS. The van der Waals surface area contributed by atoms with E-state index in [9.17, 15) is 0 Å². The van der Waals surface area contributed by atoms with Crippen LogP contribution < -0.4 is 0 Å². The van der Waals surface area contributed by atoms with Crippen LogP contribution in [0.3, 0.4) is 0 Å². The number of benzene rings is 1. The SMILES string of the molecule is CC1(C)C(/C(C#N)=N/OS)=Nc2ccccc21. The van der Waals surface area contributed by atoms with Crippen LogP contribution in [0.4, 0.5) is 5.69 Å². The van der Waals surface area contributed by atoms with Gasteiger partial charge in [-0.1, -0.05) is 23.4 Å². The molecule has 1 aliphatic rings. The number of hydrogen-bond donors (Lipinski definition) is 1. The summed E-state index contributed by atoms with van der Waals surface area (Å²) in [6, 6.07) is 9.77. The first-order chi connectivity index (χ1) is 8.11. The summed E-state index contributed by atoms with van der Waals surface area (Å²) >= 11 is 3.53. The second kappa shape index (κ2) is 4.22. The van der Waals surface area contributed by atoms with E-state index in [1.807, 2.05) is 44.2 Å². The van der Waals surface area contributed by atoms with Crippen molar-refractivity contribution in [3.63, 3.8) is 0 Å². The molecule has 0 fully saturated rings. The maximum Gasteiger partial charge on any atom is 0.203 e. The van der Waals surface area contributed by atoms with Crippen molar-refractivity contribution in [2.45, 2.75) is 19.3 Å². The van der Waals surface area contributed by atoms with Crippen molar-refractivity contribution in [2.75, 3.05) is 0 Å². The van der Waals surface area contributed by atoms with Gasteiger partial charge in [0, 0.05) is 5.41 Å². The molecule has 1 aliphatic heterocycles. The smallest absolute Gasteiger partial charge is 0.203 e. The quantitative estimate of drug-likeness (QED) is 0.377. The minimum absolute atomic E-state index is 0.154. The van der Waals surface area contributed by atoms with Crippen molar-refractivity contribution < 1.29 is 4.28 Å². The van der Waals surface area contributed by atoms with Crippen LogP contribution in [-0.2, 0) is 9.70 Å². The molecule has 0 aromatic heterocycles. The van der Waals surface area contributed by atoms with E-state index in [0.717, 1.165) is 11.3 Å². The Hall–Kier alpha value is -1.80. The molecule has 0 unspecified atom stereocenters. The molecule has 5 heteroatoms. The maximum atomic E-state index is 9.05. The highest BCUT2D eigenvalue weighted by molar-refractivity contribution is 7.75. The lowest BCUT2D eigenvalue weighted by Gasteiger charge is -2.20. The number of thiol groups is 1. The third-order valence-corrected chi connectivity index (χ3v) is 2.95. The molecule has 0 saturated heterocycles. The van der Waals surface area contributed by atoms with E-state index >= 15 is 0 Å². The van der Waals surface area contributed by atoms with Crippen molar-refractivity contribution >= 4 is 30.0 Å². The molecule has 0 spiro atoms. The van der Waals surface area contributed by atoms with E-state index in [0.29, 0.717) is 5.71 Å². The summed E-state index contributed by atoms with van der Waals surface area (Å²) in [5.41, 5.74) is 2.36. The molecule has 0 bridgehead atoms. The van der Waals surface area contributed by atoms with Gasteiger partial charge in [0.1, 0.15) is 6.07 Å². The normalized spacial score (nSPS) is 17.1. The molecular weight excluding hydrogens is 234 g/mol. The highest BCUT2D eigenvalue weighted by Crippen LogP contribution is 2.39. The fourth-order valence-corrected chi connectivity index (χ4v) is 2.08. The molecule has 1 aromatic carbocycles. The van der Waals surface area contributed by atoms with Gasteiger partial charge in [-0.3, -0.25) is 0 Å². The molecule has 0 radical (unpaired) electrons. The van der Waals surface area contributed by atoms with Crippen molar-refractivity contribution in [1.82, 2.24) is 0 Å². The Bertz CT molecular complexity index is 555.